The summed E-state index contributed by atoms with van der Waals surface area (Å²) in [5, 5.41) is 3.80. The molecule has 3 rings (SSSR count). The Morgan fingerprint density at radius 1 is 1.12 bits per heavy atom. The minimum atomic E-state index is -0.347. The van der Waals surface area contributed by atoms with Gasteiger partial charge in [0.1, 0.15) is 0 Å². The fraction of sp³-hybridized carbons (Fsp3) is 0.250. The van der Waals surface area contributed by atoms with Gasteiger partial charge in [0.2, 0.25) is 5.91 Å². The number of thiazole rings is 1. The van der Waals surface area contributed by atoms with Crippen LogP contribution in [0.1, 0.15) is 35.1 Å². The summed E-state index contributed by atoms with van der Waals surface area (Å²) in [5.41, 5.74) is 2.11. The van der Waals surface area contributed by atoms with Crippen molar-refractivity contribution in [1.82, 2.24) is 4.98 Å². The van der Waals surface area contributed by atoms with Gasteiger partial charge in [0.15, 0.2) is 0 Å². The molecule has 2 aromatic carbocycles. The number of carbonyl (C=O) groups is 2. The molecule has 1 amide bonds. The van der Waals surface area contributed by atoms with Crippen molar-refractivity contribution in [3.05, 3.63) is 59.1 Å². The number of fused-ring (bicyclic) bond motifs is 1. The summed E-state index contributed by atoms with van der Waals surface area (Å²) in [6.45, 7) is 2.35. The third-order valence-electron chi connectivity index (χ3n) is 3.75. The first kappa shape index (κ1) is 18.1. The quantitative estimate of drug-likeness (QED) is 0.626. The van der Waals surface area contributed by atoms with Crippen LogP contribution >= 0.6 is 11.3 Å². The molecule has 1 heterocycles. The molecule has 0 radical (unpaired) electrons. The van der Waals surface area contributed by atoms with E-state index in [4.69, 9.17) is 4.74 Å². The van der Waals surface area contributed by atoms with Crippen LogP contribution in [-0.2, 0) is 16.0 Å². The predicted molar refractivity (Wildman–Crippen MR) is 104 cm³/mol. The Kier molecular flexibility index (Phi) is 5.96. The molecule has 0 aliphatic carbocycles. The lowest BCUT2D eigenvalue weighted by Gasteiger charge is -2.06. The third-order valence-corrected chi connectivity index (χ3v) is 4.84. The lowest BCUT2D eigenvalue weighted by Crippen LogP contribution is -2.12. The van der Waals surface area contributed by atoms with Gasteiger partial charge >= 0.3 is 5.97 Å². The fourth-order valence-electron chi connectivity index (χ4n) is 2.44. The van der Waals surface area contributed by atoms with E-state index in [1.165, 1.54) is 0 Å². The maximum Gasteiger partial charge on any atom is 0.338 e. The predicted octanol–water partition coefficient (Wildman–Crippen LogP) is 4.43. The molecule has 0 saturated carbocycles. The van der Waals surface area contributed by atoms with Gasteiger partial charge in [0.25, 0.3) is 0 Å². The SMILES string of the molecule is CCCOC(=O)c1ccc(NC(=O)CCc2nc3ccccc3s2)cc1. The largest absolute Gasteiger partial charge is 0.462 e. The summed E-state index contributed by atoms with van der Waals surface area (Å²) in [6.07, 6.45) is 1.75. The van der Waals surface area contributed by atoms with Crippen LogP contribution in [0, 0.1) is 0 Å². The minimum Gasteiger partial charge on any atom is -0.462 e. The van der Waals surface area contributed by atoms with Crippen LogP contribution in [0.2, 0.25) is 0 Å². The Morgan fingerprint density at radius 2 is 1.88 bits per heavy atom. The number of aryl methyl sites for hydroxylation is 1. The van der Waals surface area contributed by atoms with Gasteiger partial charge < -0.3 is 10.1 Å². The number of amides is 1. The average Bonchev–Trinajstić information content (AvgIpc) is 3.08. The normalized spacial score (nSPS) is 10.7. The molecule has 0 fully saturated rings. The van der Waals surface area contributed by atoms with Gasteiger partial charge in [-0.1, -0.05) is 19.1 Å². The molecule has 134 valence electrons. The van der Waals surface area contributed by atoms with Crippen LogP contribution in [0.4, 0.5) is 5.69 Å². The van der Waals surface area contributed by atoms with Crippen LogP contribution in [0.25, 0.3) is 10.2 Å². The van der Waals surface area contributed by atoms with E-state index in [1.807, 2.05) is 31.2 Å². The Morgan fingerprint density at radius 3 is 2.62 bits per heavy atom. The molecule has 0 atom stereocenters. The van der Waals surface area contributed by atoms with E-state index in [-0.39, 0.29) is 11.9 Å². The number of nitrogens with zero attached hydrogens (tertiary/aromatic N) is 1. The van der Waals surface area contributed by atoms with Crippen molar-refractivity contribution in [2.45, 2.75) is 26.2 Å². The molecule has 0 aliphatic rings. The molecule has 0 saturated heterocycles. The van der Waals surface area contributed by atoms with Crippen LogP contribution in [0.3, 0.4) is 0 Å². The van der Waals surface area contributed by atoms with E-state index in [0.29, 0.717) is 30.7 Å². The smallest absolute Gasteiger partial charge is 0.338 e. The van der Waals surface area contributed by atoms with Gasteiger partial charge in [0, 0.05) is 18.5 Å². The van der Waals surface area contributed by atoms with E-state index < -0.39 is 0 Å². The van der Waals surface area contributed by atoms with Crippen LogP contribution in [-0.4, -0.2) is 23.5 Å². The van der Waals surface area contributed by atoms with E-state index >= 15 is 0 Å². The Labute approximate surface area is 156 Å². The lowest BCUT2D eigenvalue weighted by atomic mass is 10.2. The first-order valence-corrected chi connectivity index (χ1v) is 9.39. The Hall–Kier alpha value is -2.73. The van der Waals surface area contributed by atoms with Gasteiger partial charge in [-0.05, 0) is 42.8 Å². The fourth-order valence-corrected chi connectivity index (χ4v) is 3.41. The second-order valence-corrected chi connectivity index (χ2v) is 6.95. The summed E-state index contributed by atoms with van der Waals surface area (Å²) in [5.74, 6) is -0.425. The van der Waals surface area contributed by atoms with Gasteiger partial charge in [-0.15, -0.1) is 11.3 Å². The maximum atomic E-state index is 12.1. The van der Waals surface area contributed by atoms with Crippen molar-refractivity contribution >= 4 is 39.1 Å². The third kappa shape index (κ3) is 4.67. The Balaban J connectivity index is 1.52. The molecule has 0 spiro atoms. The molecule has 0 unspecified atom stereocenters. The highest BCUT2D eigenvalue weighted by atomic mass is 32.1. The summed E-state index contributed by atoms with van der Waals surface area (Å²) < 4.78 is 6.21. The molecule has 3 aromatic rings. The summed E-state index contributed by atoms with van der Waals surface area (Å²) in [4.78, 5) is 28.4. The molecule has 5 nitrogen and oxygen atoms in total. The van der Waals surface area contributed by atoms with Crippen molar-refractivity contribution in [3.63, 3.8) is 0 Å². The second-order valence-electron chi connectivity index (χ2n) is 5.84. The second kappa shape index (κ2) is 8.58. The summed E-state index contributed by atoms with van der Waals surface area (Å²) in [7, 11) is 0. The molecule has 0 aliphatic heterocycles. The molecule has 0 bridgehead atoms. The molecule has 1 aromatic heterocycles. The van der Waals surface area contributed by atoms with Crippen LogP contribution < -0.4 is 5.32 Å². The highest BCUT2D eigenvalue weighted by molar-refractivity contribution is 7.18. The van der Waals surface area contributed by atoms with Gasteiger partial charge in [0.05, 0.1) is 27.4 Å². The van der Waals surface area contributed by atoms with E-state index in [1.54, 1.807) is 35.6 Å². The van der Waals surface area contributed by atoms with Crippen LogP contribution in [0.15, 0.2) is 48.5 Å². The van der Waals surface area contributed by atoms with Gasteiger partial charge in [-0.25, -0.2) is 9.78 Å². The van der Waals surface area contributed by atoms with E-state index in [2.05, 4.69) is 10.3 Å². The number of carbonyl (C=O) groups excluding carboxylic acids is 2. The number of nitrogens with one attached hydrogen (secondary N) is 1. The number of hydrogen-bond donors (Lipinski definition) is 1. The molecule has 6 heteroatoms. The maximum absolute atomic E-state index is 12.1. The van der Waals surface area contributed by atoms with Gasteiger partial charge in [-0.3, -0.25) is 4.79 Å². The number of rotatable bonds is 7. The number of hydrogen-bond acceptors (Lipinski definition) is 5. The standard InChI is InChI=1S/C20H20N2O3S/c1-2-13-25-20(24)14-7-9-15(10-8-14)21-18(23)11-12-19-22-16-5-3-4-6-17(16)26-19/h3-10H,2,11-13H2,1H3,(H,21,23). The van der Waals surface area contributed by atoms with Crippen molar-refractivity contribution < 1.29 is 14.3 Å². The number of esters is 1. The van der Waals surface area contributed by atoms with Gasteiger partial charge in [-0.2, -0.15) is 0 Å². The van der Waals surface area contributed by atoms with E-state index in [0.717, 1.165) is 21.6 Å². The number of para-hydroxylation sites is 1. The molecular formula is C20H20N2O3S. The zero-order valence-corrected chi connectivity index (χ0v) is 15.3. The number of anilines is 1. The monoisotopic (exact) mass is 368 g/mol. The zero-order chi connectivity index (χ0) is 18.4. The van der Waals surface area contributed by atoms with Crippen molar-refractivity contribution in [3.8, 4) is 0 Å². The zero-order valence-electron chi connectivity index (χ0n) is 14.5. The summed E-state index contributed by atoms with van der Waals surface area (Å²) >= 11 is 1.61. The van der Waals surface area contributed by atoms with E-state index in [9.17, 15) is 9.59 Å². The topological polar surface area (TPSA) is 68.3 Å². The minimum absolute atomic E-state index is 0.0782. The number of ether oxygens (including phenoxy) is 1. The number of aromatic nitrogens is 1. The first-order valence-electron chi connectivity index (χ1n) is 8.57. The Bertz CT molecular complexity index is 870. The lowest BCUT2D eigenvalue weighted by molar-refractivity contribution is -0.116. The average molecular weight is 368 g/mol. The highest BCUT2D eigenvalue weighted by Crippen LogP contribution is 2.22. The van der Waals surface area contributed by atoms with Crippen LogP contribution in [0.5, 0.6) is 0 Å². The van der Waals surface area contributed by atoms with Crippen molar-refractivity contribution in [2.75, 3.05) is 11.9 Å². The molecule has 26 heavy (non-hydrogen) atoms. The molecule has 1 N–H and O–H groups in total. The number of benzene rings is 2. The van der Waals surface area contributed by atoms with Crippen molar-refractivity contribution in [2.24, 2.45) is 0 Å². The van der Waals surface area contributed by atoms with Crippen molar-refractivity contribution in [1.29, 1.82) is 0 Å². The first-order chi connectivity index (χ1) is 12.7. The summed E-state index contributed by atoms with van der Waals surface area (Å²) in [6, 6.07) is 14.7. The molecular weight excluding hydrogens is 348 g/mol. The highest BCUT2D eigenvalue weighted by Gasteiger charge is 2.09.